The van der Waals surface area contributed by atoms with E-state index in [-0.39, 0.29) is 12.2 Å². The summed E-state index contributed by atoms with van der Waals surface area (Å²) >= 11 is 0. The Morgan fingerprint density at radius 2 is 1.83 bits per heavy atom. The average Bonchev–Trinajstić information content (AvgIpc) is 2.35. The van der Waals surface area contributed by atoms with Crippen molar-refractivity contribution in [2.75, 3.05) is 5.75 Å². The van der Waals surface area contributed by atoms with Gasteiger partial charge in [0, 0.05) is 0 Å². The van der Waals surface area contributed by atoms with Crippen LogP contribution in [-0.2, 0) is 19.5 Å². The second-order valence-corrected chi connectivity index (χ2v) is 7.13. The van der Waals surface area contributed by atoms with Crippen LogP contribution in [0.15, 0.2) is 0 Å². The van der Waals surface area contributed by atoms with Gasteiger partial charge in [-0.15, -0.1) is 0 Å². The number of rotatable bonds is 10. The second-order valence-electron chi connectivity index (χ2n) is 4.59. The van der Waals surface area contributed by atoms with Crippen molar-refractivity contribution in [2.45, 2.75) is 64.0 Å². The Kier molecular flexibility index (Phi) is 9.01. The van der Waals surface area contributed by atoms with Crippen LogP contribution in [0.1, 0.15) is 58.8 Å². The second kappa shape index (κ2) is 9.33. The maximum atomic E-state index is 11.8. The lowest BCUT2D eigenvalue weighted by atomic mass is 10.1. The van der Waals surface area contributed by atoms with Gasteiger partial charge in [0.2, 0.25) is 0 Å². The molecule has 0 saturated carbocycles. The van der Waals surface area contributed by atoms with Gasteiger partial charge in [-0.1, -0.05) is 39.0 Å². The molecule has 1 N–H and O–H groups in total. The molecule has 0 aliphatic heterocycles. The zero-order valence-corrected chi connectivity index (χ0v) is 12.0. The summed E-state index contributed by atoms with van der Waals surface area (Å²) < 4.78 is 23.6. The smallest absolute Gasteiger partial charge is 0.301 e. The number of carbonyl (C=O) groups is 1. The van der Waals surface area contributed by atoms with E-state index in [0.717, 1.165) is 25.7 Å². The van der Waals surface area contributed by atoms with E-state index >= 15 is 0 Å². The van der Waals surface area contributed by atoms with Crippen molar-refractivity contribution in [1.29, 1.82) is 0 Å². The fourth-order valence-corrected chi connectivity index (χ4v) is 3.07. The molecule has 0 heterocycles. The highest BCUT2D eigenvalue weighted by atomic mass is 32.2. The fraction of sp³-hybridized carbons (Fsp3) is 0.917. The van der Waals surface area contributed by atoms with Crippen LogP contribution >= 0.6 is 0 Å². The highest BCUT2D eigenvalue weighted by molar-refractivity contribution is 7.92. The molecule has 0 spiro atoms. The topological polar surface area (TPSA) is 80.7 Å². The molecule has 0 aromatic carbocycles. The Bertz CT molecular complexity index is 323. The first kappa shape index (κ1) is 17.4. The van der Waals surface area contributed by atoms with Crippen LogP contribution in [0.2, 0.25) is 0 Å². The molecule has 0 amide bonds. The van der Waals surface area contributed by atoms with Crippen molar-refractivity contribution in [3.63, 3.8) is 0 Å². The van der Waals surface area contributed by atoms with Gasteiger partial charge >= 0.3 is 5.97 Å². The van der Waals surface area contributed by atoms with Gasteiger partial charge in [-0.05, 0) is 13.3 Å². The number of carbonyl (C=O) groups excluding carboxylic acids is 1. The number of unbranched alkanes of at least 4 members (excludes halogenated alkanes) is 4. The first-order valence-electron chi connectivity index (χ1n) is 6.49. The minimum absolute atomic E-state index is 0.261. The molecule has 0 rings (SSSR count). The highest BCUT2D eigenvalue weighted by Crippen LogP contribution is 2.14. The molecule has 18 heavy (non-hydrogen) atoms. The molecule has 0 bridgehead atoms. The Labute approximate surface area is 109 Å². The molecule has 0 aromatic heterocycles. The molecular formula is C12H24O5S. The first-order valence-corrected chi connectivity index (χ1v) is 8.21. The van der Waals surface area contributed by atoms with Gasteiger partial charge in [0.1, 0.15) is 0 Å². The molecule has 6 heteroatoms. The Balaban J connectivity index is 3.92. The lowest BCUT2D eigenvalue weighted by Gasteiger charge is -2.12. The van der Waals surface area contributed by atoms with Gasteiger partial charge in [0.15, 0.2) is 9.84 Å². The van der Waals surface area contributed by atoms with E-state index in [4.69, 9.17) is 5.26 Å². The molecule has 1 atom stereocenters. The lowest BCUT2D eigenvalue weighted by Crippen LogP contribution is -2.23. The summed E-state index contributed by atoms with van der Waals surface area (Å²) in [5, 5.41) is 7.61. The van der Waals surface area contributed by atoms with Crippen molar-refractivity contribution < 1.29 is 23.4 Å². The molecule has 0 aliphatic rings. The van der Waals surface area contributed by atoms with Gasteiger partial charge < -0.3 is 4.89 Å². The van der Waals surface area contributed by atoms with Gasteiger partial charge in [-0.2, -0.15) is 5.26 Å². The number of hydrogen-bond acceptors (Lipinski definition) is 5. The summed E-state index contributed by atoms with van der Waals surface area (Å²) in [4.78, 5) is 14.1. The van der Waals surface area contributed by atoms with Crippen LogP contribution in [0.4, 0.5) is 0 Å². The molecule has 0 aliphatic carbocycles. The minimum atomic E-state index is -3.27. The van der Waals surface area contributed by atoms with E-state index in [1.807, 2.05) is 0 Å². The van der Waals surface area contributed by atoms with Crippen LogP contribution in [0, 0.1) is 0 Å². The zero-order chi connectivity index (χ0) is 14.0. The molecule has 0 aromatic rings. The van der Waals surface area contributed by atoms with Gasteiger partial charge in [-0.3, -0.25) is 0 Å². The van der Waals surface area contributed by atoms with Gasteiger partial charge in [0.25, 0.3) is 0 Å². The molecule has 0 radical (unpaired) electrons. The first-order chi connectivity index (χ1) is 8.44. The average molecular weight is 280 g/mol. The van der Waals surface area contributed by atoms with E-state index in [1.165, 1.54) is 6.42 Å². The van der Waals surface area contributed by atoms with E-state index < -0.39 is 21.1 Å². The van der Waals surface area contributed by atoms with Crippen LogP contribution < -0.4 is 0 Å². The van der Waals surface area contributed by atoms with Crippen LogP contribution in [0.25, 0.3) is 0 Å². The Morgan fingerprint density at radius 1 is 1.22 bits per heavy atom. The molecule has 108 valence electrons. The highest BCUT2D eigenvalue weighted by Gasteiger charge is 2.21. The number of sulfone groups is 1. The SMILES string of the molecule is CCCCCCCC(C)S(=O)(=O)CCC(=O)OO. The van der Waals surface area contributed by atoms with Crippen molar-refractivity contribution in [2.24, 2.45) is 0 Å². The maximum Gasteiger partial charge on any atom is 0.343 e. The summed E-state index contributed by atoms with van der Waals surface area (Å²) in [5.74, 6) is -1.17. The van der Waals surface area contributed by atoms with E-state index in [9.17, 15) is 13.2 Å². The predicted molar refractivity (Wildman–Crippen MR) is 70.0 cm³/mol. The van der Waals surface area contributed by atoms with Crippen LogP contribution in [0.3, 0.4) is 0 Å². The maximum absolute atomic E-state index is 11.8. The van der Waals surface area contributed by atoms with Gasteiger partial charge in [-0.25, -0.2) is 13.2 Å². The summed E-state index contributed by atoms with van der Waals surface area (Å²) in [5.41, 5.74) is 0. The quantitative estimate of drug-likeness (QED) is 0.378. The largest absolute Gasteiger partial charge is 0.343 e. The van der Waals surface area contributed by atoms with Crippen molar-refractivity contribution in [1.82, 2.24) is 0 Å². The summed E-state index contributed by atoms with van der Waals surface area (Å²) in [6.07, 6.45) is 5.76. The summed E-state index contributed by atoms with van der Waals surface area (Å²) in [6, 6.07) is 0. The van der Waals surface area contributed by atoms with E-state index in [0.29, 0.717) is 6.42 Å². The predicted octanol–water partition coefficient (Wildman–Crippen LogP) is 2.56. The van der Waals surface area contributed by atoms with Crippen molar-refractivity contribution in [3.8, 4) is 0 Å². The van der Waals surface area contributed by atoms with Crippen LogP contribution in [-0.4, -0.2) is 30.6 Å². The minimum Gasteiger partial charge on any atom is -0.301 e. The summed E-state index contributed by atoms with van der Waals surface area (Å²) in [6.45, 7) is 3.80. The number of hydrogen-bond donors (Lipinski definition) is 1. The molecular weight excluding hydrogens is 256 g/mol. The third-order valence-electron chi connectivity index (χ3n) is 3.02. The van der Waals surface area contributed by atoms with Gasteiger partial charge in [0.05, 0.1) is 17.4 Å². The molecule has 5 nitrogen and oxygen atoms in total. The fourth-order valence-electron chi connectivity index (χ4n) is 1.69. The van der Waals surface area contributed by atoms with Crippen LogP contribution in [0.5, 0.6) is 0 Å². The standard InChI is InChI=1S/C12H24O5S/c1-3-4-5-6-7-8-11(2)18(15,16)10-9-12(13)17-14/h11,14H,3-10H2,1-2H3. The van der Waals surface area contributed by atoms with E-state index in [2.05, 4.69) is 11.8 Å². The third-order valence-corrected chi connectivity index (χ3v) is 5.25. The van der Waals surface area contributed by atoms with Crippen molar-refractivity contribution >= 4 is 15.8 Å². The lowest BCUT2D eigenvalue weighted by molar-refractivity contribution is -0.233. The monoisotopic (exact) mass is 280 g/mol. The normalized spacial score (nSPS) is 13.3. The zero-order valence-electron chi connectivity index (χ0n) is 11.2. The summed E-state index contributed by atoms with van der Waals surface area (Å²) in [7, 11) is -3.27. The third kappa shape index (κ3) is 7.66. The Hall–Kier alpha value is -0.620. The van der Waals surface area contributed by atoms with E-state index in [1.54, 1.807) is 6.92 Å². The Morgan fingerprint density at radius 3 is 2.39 bits per heavy atom. The molecule has 1 unspecified atom stereocenters. The van der Waals surface area contributed by atoms with Crippen molar-refractivity contribution in [3.05, 3.63) is 0 Å². The molecule has 0 fully saturated rings. The molecule has 0 saturated heterocycles.